The van der Waals surface area contributed by atoms with E-state index < -0.39 is 9.84 Å². The number of hydrogen-bond donors (Lipinski definition) is 1. The van der Waals surface area contributed by atoms with Crippen molar-refractivity contribution in [1.29, 1.82) is 0 Å². The van der Waals surface area contributed by atoms with Crippen LogP contribution in [-0.2, 0) is 21.2 Å². The van der Waals surface area contributed by atoms with Crippen LogP contribution in [0.15, 0.2) is 5.38 Å². The minimum absolute atomic E-state index is 0.0413. The molecule has 0 unspecified atom stereocenters. The third kappa shape index (κ3) is 4.28. The van der Waals surface area contributed by atoms with Crippen LogP contribution in [0.3, 0.4) is 0 Å². The van der Waals surface area contributed by atoms with Crippen molar-refractivity contribution in [2.24, 2.45) is 0 Å². The Kier molecular flexibility index (Phi) is 5.15. The van der Waals surface area contributed by atoms with Gasteiger partial charge in [0.1, 0.15) is 5.01 Å². The van der Waals surface area contributed by atoms with Crippen molar-refractivity contribution in [3.05, 3.63) is 16.1 Å². The summed E-state index contributed by atoms with van der Waals surface area (Å²) in [5, 5.41) is 5.26. The van der Waals surface area contributed by atoms with E-state index in [0.29, 0.717) is 6.54 Å². The van der Waals surface area contributed by atoms with E-state index in [1.165, 1.54) is 11.3 Å². The zero-order chi connectivity index (χ0) is 14.6. The van der Waals surface area contributed by atoms with Crippen molar-refractivity contribution in [1.82, 2.24) is 10.3 Å². The first-order valence-corrected chi connectivity index (χ1v) is 9.46. The molecule has 1 saturated carbocycles. The average molecular weight is 316 g/mol. The first-order valence-electron chi connectivity index (χ1n) is 6.86. The van der Waals surface area contributed by atoms with Gasteiger partial charge in [-0.3, -0.25) is 4.79 Å². The fourth-order valence-corrected chi connectivity index (χ4v) is 4.96. The Labute approximate surface area is 123 Å². The first-order chi connectivity index (χ1) is 9.47. The molecule has 0 aromatic carbocycles. The molecule has 112 valence electrons. The Morgan fingerprint density at radius 3 is 2.75 bits per heavy atom. The highest BCUT2D eigenvalue weighted by atomic mass is 32.2. The van der Waals surface area contributed by atoms with Crippen LogP contribution in [0, 0.1) is 6.92 Å². The highest BCUT2D eigenvalue weighted by Crippen LogP contribution is 2.25. The van der Waals surface area contributed by atoms with Crippen molar-refractivity contribution in [2.45, 2.75) is 50.8 Å². The Bertz CT molecular complexity index is 560. The monoisotopic (exact) mass is 316 g/mol. The van der Waals surface area contributed by atoms with Gasteiger partial charge in [0.2, 0.25) is 5.91 Å². The number of aromatic nitrogens is 1. The molecule has 1 amide bonds. The standard InChI is InChI=1S/C13H20N2O3S2/c1-10-9-19-13(15-10)8-14-12(16)6-7-20(17,18)11-4-2-3-5-11/h9,11H,2-8H2,1H3,(H,14,16). The lowest BCUT2D eigenvalue weighted by atomic mass is 10.4. The average Bonchev–Trinajstić information content (AvgIpc) is 3.05. The maximum Gasteiger partial charge on any atom is 0.221 e. The van der Waals surface area contributed by atoms with Crippen LogP contribution >= 0.6 is 11.3 Å². The summed E-state index contributed by atoms with van der Waals surface area (Å²) >= 11 is 1.49. The third-order valence-corrected chi connectivity index (χ3v) is 6.75. The number of thiazole rings is 1. The molecule has 7 heteroatoms. The molecule has 0 radical (unpaired) electrons. The summed E-state index contributed by atoms with van der Waals surface area (Å²) in [4.78, 5) is 15.9. The Morgan fingerprint density at radius 2 is 2.15 bits per heavy atom. The van der Waals surface area contributed by atoms with Gasteiger partial charge in [-0.15, -0.1) is 11.3 Å². The summed E-state index contributed by atoms with van der Waals surface area (Å²) in [6, 6.07) is 0. The number of nitrogens with one attached hydrogen (secondary N) is 1. The molecule has 0 saturated heterocycles. The number of carbonyl (C=O) groups excluding carboxylic acids is 1. The van der Waals surface area contributed by atoms with Gasteiger partial charge in [0.05, 0.1) is 17.5 Å². The van der Waals surface area contributed by atoms with Crippen LogP contribution in [0.1, 0.15) is 42.8 Å². The Morgan fingerprint density at radius 1 is 1.45 bits per heavy atom. The molecule has 5 nitrogen and oxygen atoms in total. The molecular weight excluding hydrogens is 296 g/mol. The maximum atomic E-state index is 12.0. The highest BCUT2D eigenvalue weighted by Gasteiger charge is 2.28. The minimum Gasteiger partial charge on any atom is -0.350 e. The summed E-state index contributed by atoms with van der Waals surface area (Å²) in [5.74, 6) is -0.264. The summed E-state index contributed by atoms with van der Waals surface area (Å²) in [6.45, 7) is 2.27. The second-order valence-electron chi connectivity index (χ2n) is 5.18. The van der Waals surface area contributed by atoms with Gasteiger partial charge in [-0.05, 0) is 19.8 Å². The fraction of sp³-hybridized carbons (Fsp3) is 0.692. The van der Waals surface area contributed by atoms with Gasteiger partial charge in [-0.1, -0.05) is 12.8 Å². The summed E-state index contributed by atoms with van der Waals surface area (Å²) in [5.41, 5.74) is 0.933. The van der Waals surface area contributed by atoms with E-state index >= 15 is 0 Å². The molecule has 0 spiro atoms. The van der Waals surface area contributed by atoms with Gasteiger partial charge in [0.25, 0.3) is 0 Å². The molecule has 1 aromatic heterocycles. The molecule has 1 aliphatic carbocycles. The molecule has 1 aliphatic rings. The molecule has 0 atom stereocenters. The van der Waals surface area contributed by atoms with E-state index in [0.717, 1.165) is 36.4 Å². The number of carbonyl (C=O) groups is 1. The quantitative estimate of drug-likeness (QED) is 0.868. The number of nitrogens with zero attached hydrogens (tertiary/aromatic N) is 1. The largest absolute Gasteiger partial charge is 0.350 e. The smallest absolute Gasteiger partial charge is 0.221 e. The number of aryl methyl sites for hydroxylation is 1. The van der Waals surface area contributed by atoms with E-state index in [1.54, 1.807) is 0 Å². The molecule has 2 rings (SSSR count). The van der Waals surface area contributed by atoms with E-state index in [4.69, 9.17) is 0 Å². The molecular formula is C13H20N2O3S2. The Hall–Kier alpha value is -0.950. The normalized spacial score (nSPS) is 16.4. The predicted octanol–water partition coefficient (Wildman–Crippen LogP) is 1.82. The van der Waals surface area contributed by atoms with Crippen LogP contribution in [0.25, 0.3) is 0 Å². The Balaban J connectivity index is 1.74. The van der Waals surface area contributed by atoms with Crippen molar-refractivity contribution in [3.63, 3.8) is 0 Å². The lowest BCUT2D eigenvalue weighted by Crippen LogP contribution is -2.28. The van der Waals surface area contributed by atoms with Gasteiger partial charge >= 0.3 is 0 Å². The molecule has 1 fully saturated rings. The molecule has 0 aliphatic heterocycles. The molecule has 20 heavy (non-hydrogen) atoms. The van der Waals surface area contributed by atoms with Crippen molar-refractivity contribution in [2.75, 3.05) is 5.75 Å². The SMILES string of the molecule is Cc1csc(CNC(=O)CCS(=O)(=O)C2CCCC2)n1. The van der Waals surface area contributed by atoms with Gasteiger partial charge in [0, 0.05) is 17.5 Å². The first kappa shape index (κ1) is 15.4. The number of rotatable bonds is 6. The van der Waals surface area contributed by atoms with Gasteiger partial charge in [-0.25, -0.2) is 13.4 Å². The second-order valence-corrected chi connectivity index (χ2v) is 8.53. The molecule has 0 bridgehead atoms. The predicted molar refractivity (Wildman–Crippen MR) is 79.4 cm³/mol. The zero-order valence-corrected chi connectivity index (χ0v) is 13.2. The number of amides is 1. The second kappa shape index (κ2) is 6.67. The van der Waals surface area contributed by atoms with Crippen LogP contribution < -0.4 is 5.32 Å². The highest BCUT2D eigenvalue weighted by molar-refractivity contribution is 7.92. The topological polar surface area (TPSA) is 76.1 Å². The van der Waals surface area contributed by atoms with Gasteiger partial charge in [-0.2, -0.15) is 0 Å². The van der Waals surface area contributed by atoms with E-state index in [9.17, 15) is 13.2 Å². The summed E-state index contributed by atoms with van der Waals surface area (Å²) in [6.07, 6.45) is 3.52. The van der Waals surface area contributed by atoms with Crippen molar-refractivity contribution in [3.8, 4) is 0 Å². The third-order valence-electron chi connectivity index (χ3n) is 3.53. The summed E-state index contributed by atoms with van der Waals surface area (Å²) < 4.78 is 24.0. The van der Waals surface area contributed by atoms with Crippen LogP contribution in [-0.4, -0.2) is 30.3 Å². The van der Waals surface area contributed by atoms with E-state index in [-0.39, 0.29) is 23.3 Å². The molecule has 1 heterocycles. The van der Waals surface area contributed by atoms with Crippen LogP contribution in [0.4, 0.5) is 0 Å². The molecule has 1 aromatic rings. The minimum atomic E-state index is -3.11. The van der Waals surface area contributed by atoms with E-state index in [1.807, 2.05) is 12.3 Å². The van der Waals surface area contributed by atoms with Gasteiger partial charge < -0.3 is 5.32 Å². The van der Waals surface area contributed by atoms with Crippen LogP contribution in [0.5, 0.6) is 0 Å². The maximum absolute atomic E-state index is 12.0. The lowest BCUT2D eigenvalue weighted by Gasteiger charge is -2.10. The van der Waals surface area contributed by atoms with Gasteiger partial charge in [0.15, 0.2) is 9.84 Å². The van der Waals surface area contributed by atoms with E-state index in [2.05, 4.69) is 10.3 Å². The summed E-state index contributed by atoms with van der Waals surface area (Å²) in [7, 11) is -3.11. The fourth-order valence-electron chi connectivity index (χ4n) is 2.40. The molecule has 1 N–H and O–H groups in total. The van der Waals surface area contributed by atoms with Crippen molar-refractivity contribution < 1.29 is 13.2 Å². The zero-order valence-electron chi connectivity index (χ0n) is 11.6. The lowest BCUT2D eigenvalue weighted by molar-refractivity contribution is -0.120. The van der Waals surface area contributed by atoms with Crippen molar-refractivity contribution >= 4 is 27.1 Å². The number of sulfone groups is 1. The van der Waals surface area contributed by atoms with Crippen LogP contribution in [0.2, 0.25) is 0 Å². The number of hydrogen-bond acceptors (Lipinski definition) is 5.